The van der Waals surface area contributed by atoms with Gasteiger partial charge < -0.3 is 9.47 Å². The summed E-state index contributed by atoms with van der Waals surface area (Å²) in [6.07, 6.45) is 9.80. The maximum absolute atomic E-state index is 10.7. The monoisotopic (exact) mass is 208 g/mol. The maximum atomic E-state index is 10.7. The molecule has 0 N–H and O–H groups in total. The summed E-state index contributed by atoms with van der Waals surface area (Å²) in [5.74, 6) is 0.0835. The zero-order valence-corrected chi connectivity index (χ0v) is 9.10. The fraction of sp³-hybridized carbons (Fsp3) is 0.250. The maximum Gasteiger partial charge on any atom is 0.308 e. The van der Waals surface area contributed by atoms with Crippen LogP contribution in [0.1, 0.15) is 13.8 Å². The number of carbonyl (C=O) groups is 1. The van der Waals surface area contributed by atoms with Crippen LogP contribution in [0.5, 0.6) is 0 Å². The van der Waals surface area contributed by atoms with E-state index in [-0.39, 0.29) is 5.97 Å². The Morgan fingerprint density at radius 2 is 2.13 bits per heavy atom. The van der Waals surface area contributed by atoms with Crippen molar-refractivity contribution < 1.29 is 14.3 Å². The minimum absolute atomic E-state index is 0.360. The molecule has 0 aromatic heterocycles. The molecule has 0 saturated heterocycles. The van der Waals surface area contributed by atoms with Crippen LogP contribution in [-0.2, 0) is 14.3 Å². The van der Waals surface area contributed by atoms with E-state index in [1.165, 1.54) is 6.92 Å². The largest absolute Gasteiger partial charge is 0.501 e. The lowest BCUT2D eigenvalue weighted by molar-refractivity contribution is -0.136. The Labute approximate surface area is 90.4 Å². The van der Waals surface area contributed by atoms with E-state index >= 15 is 0 Å². The summed E-state index contributed by atoms with van der Waals surface area (Å²) < 4.78 is 9.86. The molecule has 0 fully saturated rings. The molecule has 0 spiro atoms. The Hall–Kier alpha value is -1.77. The van der Waals surface area contributed by atoms with E-state index in [9.17, 15) is 4.79 Å². The molecule has 0 heterocycles. The van der Waals surface area contributed by atoms with E-state index in [1.807, 2.05) is 6.92 Å². The standard InChI is InChI=1S/C12H16O3/c1-4-8-12(15-11(3)13)9-6-7-10-14-5-2/h4,6-10H,1,5H2,2-3H3. The number of ether oxygens (including phenoxy) is 2. The molecule has 0 saturated carbocycles. The topological polar surface area (TPSA) is 35.5 Å². The van der Waals surface area contributed by atoms with Crippen molar-refractivity contribution in [1.82, 2.24) is 0 Å². The van der Waals surface area contributed by atoms with Crippen LogP contribution in [0.2, 0.25) is 0 Å². The summed E-state index contributed by atoms with van der Waals surface area (Å²) in [5, 5.41) is 0. The van der Waals surface area contributed by atoms with Crippen LogP contribution in [0, 0.1) is 0 Å². The minimum atomic E-state index is -0.360. The predicted molar refractivity (Wildman–Crippen MR) is 60.0 cm³/mol. The molecule has 0 aromatic carbocycles. The van der Waals surface area contributed by atoms with Gasteiger partial charge in [0.15, 0.2) is 0 Å². The number of hydrogen-bond acceptors (Lipinski definition) is 3. The van der Waals surface area contributed by atoms with Gasteiger partial charge in [0.1, 0.15) is 5.76 Å². The first-order valence-electron chi connectivity index (χ1n) is 4.66. The lowest BCUT2D eigenvalue weighted by Gasteiger charge is -1.99. The lowest BCUT2D eigenvalue weighted by Crippen LogP contribution is -1.96. The van der Waals surface area contributed by atoms with Crippen LogP contribution in [0.25, 0.3) is 0 Å². The molecule has 0 unspecified atom stereocenters. The van der Waals surface area contributed by atoms with Gasteiger partial charge in [-0.1, -0.05) is 18.7 Å². The highest BCUT2D eigenvalue weighted by atomic mass is 16.5. The second-order valence-corrected chi connectivity index (χ2v) is 2.54. The molecule has 15 heavy (non-hydrogen) atoms. The minimum Gasteiger partial charge on any atom is -0.501 e. The fourth-order valence-corrected chi connectivity index (χ4v) is 0.753. The van der Waals surface area contributed by atoms with Crippen molar-refractivity contribution in [2.45, 2.75) is 13.8 Å². The Morgan fingerprint density at radius 3 is 2.67 bits per heavy atom. The van der Waals surface area contributed by atoms with Gasteiger partial charge in [-0.2, -0.15) is 0 Å². The zero-order chi connectivity index (χ0) is 11.5. The SMILES string of the molecule is C=CC=C(C=CC=COCC)OC(C)=O. The van der Waals surface area contributed by atoms with E-state index in [0.717, 1.165) is 0 Å². The van der Waals surface area contributed by atoms with Gasteiger partial charge in [0.2, 0.25) is 0 Å². The molecule has 0 amide bonds. The normalized spacial score (nSPS) is 12.0. The Morgan fingerprint density at radius 1 is 1.40 bits per heavy atom. The van der Waals surface area contributed by atoms with Crippen LogP contribution in [0.3, 0.4) is 0 Å². The van der Waals surface area contributed by atoms with Gasteiger partial charge in [-0.15, -0.1) is 0 Å². The summed E-state index contributed by atoms with van der Waals surface area (Å²) in [6, 6.07) is 0. The molecule has 0 aliphatic heterocycles. The van der Waals surface area contributed by atoms with Crippen LogP contribution in [0.4, 0.5) is 0 Å². The van der Waals surface area contributed by atoms with Crippen LogP contribution < -0.4 is 0 Å². The van der Waals surface area contributed by atoms with E-state index in [2.05, 4.69) is 6.58 Å². The molecular weight excluding hydrogens is 192 g/mol. The van der Waals surface area contributed by atoms with Crippen LogP contribution >= 0.6 is 0 Å². The van der Waals surface area contributed by atoms with Crippen LogP contribution in [0.15, 0.2) is 49.0 Å². The first-order valence-corrected chi connectivity index (χ1v) is 4.66. The Kier molecular flexibility index (Phi) is 7.77. The summed E-state index contributed by atoms with van der Waals surface area (Å²) in [6.45, 7) is 7.40. The quantitative estimate of drug-likeness (QED) is 0.382. The third kappa shape index (κ3) is 8.56. The van der Waals surface area contributed by atoms with Gasteiger partial charge in [-0.3, -0.25) is 4.79 Å². The van der Waals surface area contributed by atoms with Crippen molar-refractivity contribution in [3.63, 3.8) is 0 Å². The van der Waals surface area contributed by atoms with Crippen molar-refractivity contribution in [3.8, 4) is 0 Å². The zero-order valence-electron chi connectivity index (χ0n) is 9.10. The summed E-state index contributed by atoms with van der Waals surface area (Å²) in [7, 11) is 0. The Balaban J connectivity index is 4.22. The average Bonchev–Trinajstić information content (AvgIpc) is 2.17. The number of esters is 1. The summed E-state index contributed by atoms with van der Waals surface area (Å²) >= 11 is 0. The highest BCUT2D eigenvalue weighted by Crippen LogP contribution is 2.00. The van der Waals surface area contributed by atoms with E-state index in [4.69, 9.17) is 9.47 Å². The van der Waals surface area contributed by atoms with Gasteiger partial charge in [-0.05, 0) is 25.2 Å². The van der Waals surface area contributed by atoms with Crippen molar-refractivity contribution in [2.75, 3.05) is 6.61 Å². The number of carbonyl (C=O) groups excluding carboxylic acids is 1. The second kappa shape index (κ2) is 8.81. The van der Waals surface area contributed by atoms with Crippen molar-refractivity contribution in [3.05, 3.63) is 49.0 Å². The molecule has 0 bridgehead atoms. The highest BCUT2D eigenvalue weighted by Gasteiger charge is 1.94. The molecular formula is C12H16O3. The van der Waals surface area contributed by atoms with E-state index in [1.54, 1.807) is 36.6 Å². The van der Waals surface area contributed by atoms with E-state index < -0.39 is 0 Å². The van der Waals surface area contributed by atoms with Crippen LogP contribution in [-0.4, -0.2) is 12.6 Å². The van der Waals surface area contributed by atoms with Gasteiger partial charge in [0.05, 0.1) is 12.9 Å². The smallest absolute Gasteiger partial charge is 0.308 e. The average molecular weight is 208 g/mol. The molecule has 0 rings (SSSR count). The first kappa shape index (κ1) is 13.2. The Bertz CT molecular complexity index is 285. The number of rotatable bonds is 6. The first-order chi connectivity index (χ1) is 7.20. The molecule has 0 aliphatic carbocycles. The van der Waals surface area contributed by atoms with E-state index in [0.29, 0.717) is 12.4 Å². The number of hydrogen-bond donors (Lipinski definition) is 0. The predicted octanol–water partition coefficient (Wildman–Crippen LogP) is 2.73. The second-order valence-electron chi connectivity index (χ2n) is 2.54. The number of allylic oxidation sites excluding steroid dienone is 5. The van der Waals surface area contributed by atoms with Crippen molar-refractivity contribution in [2.24, 2.45) is 0 Å². The van der Waals surface area contributed by atoms with Crippen molar-refractivity contribution in [1.29, 1.82) is 0 Å². The molecule has 3 heteroatoms. The molecule has 0 aromatic rings. The molecule has 0 aliphatic rings. The molecule has 0 radical (unpaired) electrons. The third-order valence-corrected chi connectivity index (χ3v) is 1.26. The third-order valence-electron chi connectivity index (χ3n) is 1.26. The van der Waals surface area contributed by atoms with Gasteiger partial charge >= 0.3 is 5.97 Å². The molecule has 3 nitrogen and oxygen atoms in total. The van der Waals surface area contributed by atoms with Crippen molar-refractivity contribution >= 4 is 5.97 Å². The molecule has 0 atom stereocenters. The highest BCUT2D eigenvalue weighted by molar-refractivity contribution is 5.67. The van der Waals surface area contributed by atoms with Gasteiger partial charge in [0.25, 0.3) is 0 Å². The van der Waals surface area contributed by atoms with Gasteiger partial charge in [-0.25, -0.2) is 0 Å². The summed E-state index contributed by atoms with van der Waals surface area (Å²) in [4.78, 5) is 10.7. The van der Waals surface area contributed by atoms with Gasteiger partial charge in [0, 0.05) is 6.92 Å². The lowest BCUT2D eigenvalue weighted by atomic mass is 10.4. The summed E-state index contributed by atoms with van der Waals surface area (Å²) in [5.41, 5.74) is 0. The molecule has 82 valence electrons. The fourth-order valence-electron chi connectivity index (χ4n) is 0.753.